The highest BCUT2D eigenvalue weighted by molar-refractivity contribution is 7.85. The third-order valence-electron chi connectivity index (χ3n) is 3.73. The summed E-state index contributed by atoms with van der Waals surface area (Å²) in [6.45, 7) is 7.22. The zero-order valence-electron chi connectivity index (χ0n) is 17.1. The lowest BCUT2D eigenvalue weighted by Gasteiger charge is -2.21. The molecule has 1 unspecified atom stereocenters. The molecule has 0 bridgehead atoms. The number of rotatable bonds is 6. The Labute approximate surface area is 171 Å². The van der Waals surface area contributed by atoms with Crippen LogP contribution in [0.15, 0.2) is 37.1 Å². The predicted octanol–water partition coefficient (Wildman–Crippen LogP) is 4.38. The summed E-state index contributed by atoms with van der Waals surface area (Å²) >= 11 is 0. The van der Waals surface area contributed by atoms with E-state index in [9.17, 15) is 17.4 Å². The first-order valence-electron chi connectivity index (χ1n) is 8.64. The summed E-state index contributed by atoms with van der Waals surface area (Å²) in [7, 11) is 1.93. The number of nitrogens with one attached hydrogen (secondary N) is 2. The number of hydrogen-bond acceptors (Lipinski definition) is 5. The van der Waals surface area contributed by atoms with Gasteiger partial charge in [-0.25, -0.2) is 9.19 Å². The van der Waals surface area contributed by atoms with E-state index in [1.165, 1.54) is 13.3 Å². The maximum absolute atomic E-state index is 13.2. The summed E-state index contributed by atoms with van der Waals surface area (Å²) in [5.74, 6) is -0.236. The number of allylic oxidation sites excluding steroid dienone is 1. The lowest BCUT2D eigenvalue weighted by molar-refractivity contribution is -0.137. The Morgan fingerprint density at radius 3 is 2.48 bits per heavy atom. The van der Waals surface area contributed by atoms with Crippen LogP contribution in [0, 0.1) is 6.92 Å². The van der Waals surface area contributed by atoms with Crippen molar-refractivity contribution in [2.24, 2.45) is 0 Å². The van der Waals surface area contributed by atoms with Gasteiger partial charge in [-0.15, -0.1) is 6.58 Å². The van der Waals surface area contributed by atoms with Gasteiger partial charge in [-0.3, -0.25) is 4.31 Å². The van der Waals surface area contributed by atoms with Crippen LogP contribution in [0.3, 0.4) is 0 Å². The number of benzene rings is 1. The summed E-state index contributed by atoms with van der Waals surface area (Å²) in [5, 5.41) is 5.35. The Kier molecular flexibility index (Phi) is 9.09. The molecule has 0 saturated heterocycles. The zero-order chi connectivity index (χ0) is 22.2. The van der Waals surface area contributed by atoms with Crippen LogP contribution in [0.4, 0.5) is 30.6 Å². The van der Waals surface area contributed by atoms with Crippen molar-refractivity contribution in [1.82, 2.24) is 9.97 Å². The Morgan fingerprint density at radius 1 is 1.34 bits per heavy atom. The minimum absolute atomic E-state index is 0.0800. The van der Waals surface area contributed by atoms with Gasteiger partial charge >= 0.3 is 6.18 Å². The summed E-state index contributed by atoms with van der Waals surface area (Å²) in [6.07, 6.45) is -0.554. The van der Waals surface area contributed by atoms with Crippen LogP contribution in [0.2, 0.25) is 0 Å². The molecule has 0 radical (unpaired) electrons. The molecular weight excluding hydrogens is 403 g/mol. The monoisotopic (exact) mass is 429 g/mol. The Bertz CT molecular complexity index is 858. The first-order valence-corrected chi connectivity index (χ1v) is 10.2. The standard InChI is InChI=1S/C16H20F3N5OS.C3H6/c1-10-5-6-11(13(7-10)24(3)26(4)25)8-21-14-12(16(17,18)19)9-22-15(20-2)23-14;1-3-2/h5-7,9H,8H2,1-4H3,(H2,20,21,22,23);3H,1H2,2H3. The van der Waals surface area contributed by atoms with Crippen molar-refractivity contribution in [2.45, 2.75) is 26.6 Å². The van der Waals surface area contributed by atoms with Crippen molar-refractivity contribution in [3.8, 4) is 0 Å². The second kappa shape index (κ2) is 10.8. The van der Waals surface area contributed by atoms with Gasteiger partial charge in [-0.2, -0.15) is 18.2 Å². The molecule has 6 nitrogen and oxygen atoms in total. The topological polar surface area (TPSA) is 70.2 Å². The van der Waals surface area contributed by atoms with E-state index in [0.29, 0.717) is 11.3 Å². The summed E-state index contributed by atoms with van der Waals surface area (Å²) in [6, 6.07) is 5.47. The third kappa shape index (κ3) is 7.04. The Hall–Kier alpha value is -2.62. The fourth-order valence-electron chi connectivity index (χ4n) is 2.28. The first-order chi connectivity index (χ1) is 13.5. The minimum atomic E-state index is -4.58. The van der Waals surface area contributed by atoms with Gasteiger partial charge < -0.3 is 10.6 Å². The molecule has 0 saturated carbocycles. The molecule has 0 aliphatic heterocycles. The molecule has 0 aliphatic rings. The van der Waals surface area contributed by atoms with Crippen molar-refractivity contribution in [3.05, 3.63) is 53.7 Å². The van der Waals surface area contributed by atoms with E-state index in [4.69, 9.17) is 0 Å². The van der Waals surface area contributed by atoms with Gasteiger partial charge in [0.15, 0.2) is 0 Å². The van der Waals surface area contributed by atoms with Gasteiger partial charge in [-0.1, -0.05) is 18.2 Å². The highest BCUT2D eigenvalue weighted by Gasteiger charge is 2.35. The van der Waals surface area contributed by atoms with Crippen LogP contribution in [0.1, 0.15) is 23.6 Å². The normalized spacial score (nSPS) is 11.7. The molecule has 0 amide bonds. The molecule has 1 aromatic carbocycles. The molecule has 10 heteroatoms. The van der Waals surface area contributed by atoms with Gasteiger partial charge in [0.2, 0.25) is 5.95 Å². The van der Waals surface area contributed by atoms with Crippen molar-refractivity contribution >= 4 is 28.4 Å². The largest absolute Gasteiger partial charge is 0.421 e. The number of aryl methyl sites for hydroxylation is 1. The second-order valence-corrected chi connectivity index (χ2v) is 7.41. The van der Waals surface area contributed by atoms with Crippen LogP contribution in [0.5, 0.6) is 0 Å². The number of alkyl halides is 3. The highest BCUT2D eigenvalue weighted by atomic mass is 32.2. The number of aromatic nitrogens is 2. The molecule has 2 aromatic rings. The number of nitrogens with zero attached hydrogens (tertiary/aromatic N) is 3. The minimum Gasteiger partial charge on any atom is -0.365 e. The highest BCUT2D eigenvalue weighted by Crippen LogP contribution is 2.34. The molecule has 0 spiro atoms. The molecule has 1 atom stereocenters. The average Bonchev–Trinajstić information content (AvgIpc) is 2.65. The SMILES string of the molecule is C=CC.CNc1ncc(C(F)(F)F)c(NCc2ccc(C)cc2N(C)S(C)=O)n1. The molecule has 160 valence electrons. The Morgan fingerprint density at radius 2 is 1.97 bits per heavy atom. The molecule has 0 fully saturated rings. The zero-order valence-corrected chi connectivity index (χ0v) is 17.9. The summed E-state index contributed by atoms with van der Waals surface area (Å²) in [4.78, 5) is 7.50. The molecular formula is C19H26F3N5OS. The summed E-state index contributed by atoms with van der Waals surface area (Å²) < 4.78 is 52.9. The van der Waals surface area contributed by atoms with Crippen molar-refractivity contribution in [1.29, 1.82) is 0 Å². The van der Waals surface area contributed by atoms with Crippen molar-refractivity contribution in [2.75, 3.05) is 35.3 Å². The number of anilines is 3. The smallest absolute Gasteiger partial charge is 0.365 e. The van der Waals surface area contributed by atoms with Crippen LogP contribution >= 0.6 is 0 Å². The van der Waals surface area contributed by atoms with Gasteiger partial charge in [0.1, 0.15) is 22.4 Å². The fourth-order valence-corrected chi connectivity index (χ4v) is 2.73. The maximum atomic E-state index is 13.2. The molecule has 29 heavy (non-hydrogen) atoms. The van der Waals surface area contributed by atoms with Crippen LogP contribution in [-0.2, 0) is 23.7 Å². The van der Waals surface area contributed by atoms with Gasteiger partial charge in [-0.05, 0) is 31.0 Å². The quantitative estimate of drug-likeness (QED) is 0.667. The molecule has 2 N–H and O–H groups in total. The maximum Gasteiger partial charge on any atom is 0.421 e. The van der Waals surface area contributed by atoms with Crippen LogP contribution < -0.4 is 14.9 Å². The van der Waals surface area contributed by atoms with E-state index in [2.05, 4.69) is 27.2 Å². The fraction of sp³-hybridized carbons (Fsp3) is 0.368. The lowest BCUT2D eigenvalue weighted by Crippen LogP contribution is -2.21. The molecule has 1 heterocycles. The lowest BCUT2D eigenvalue weighted by atomic mass is 10.1. The molecule has 0 aliphatic carbocycles. The third-order valence-corrected chi connectivity index (χ3v) is 4.70. The number of hydrogen-bond donors (Lipinski definition) is 2. The van der Waals surface area contributed by atoms with Gasteiger partial charge in [0.25, 0.3) is 0 Å². The van der Waals surface area contributed by atoms with Gasteiger partial charge in [0.05, 0.1) is 5.69 Å². The van der Waals surface area contributed by atoms with E-state index in [1.807, 2.05) is 26.0 Å². The molecule has 2 rings (SSSR count). The van der Waals surface area contributed by atoms with Crippen molar-refractivity contribution < 1.29 is 17.4 Å². The average molecular weight is 430 g/mol. The van der Waals surface area contributed by atoms with E-state index in [1.54, 1.807) is 23.5 Å². The van der Waals surface area contributed by atoms with Crippen molar-refractivity contribution in [3.63, 3.8) is 0 Å². The number of halogens is 3. The van der Waals surface area contributed by atoms with Crippen LogP contribution in [0.25, 0.3) is 0 Å². The predicted molar refractivity (Wildman–Crippen MR) is 113 cm³/mol. The van der Waals surface area contributed by atoms with Gasteiger partial charge in [0, 0.05) is 33.1 Å². The van der Waals surface area contributed by atoms with Crippen LogP contribution in [-0.4, -0.2) is 34.5 Å². The molecule has 1 aromatic heterocycles. The van der Waals surface area contributed by atoms with E-state index >= 15 is 0 Å². The second-order valence-electron chi connectivity index (χ2n) is 6.02. The van der Waals surface area contributed by atoms with E-state index in [-0.39, 0.29) is 18.3 Å². The summed E-state index contributed by atoms with van der Waals surface area (Å²) in [5.41, 5.74) is 1.38. The first kappa shape index (κ1) is 24.4. The Balaban J connectivity index is 0.00000132. The van der Waals surface area contributed by atoms with E-state index < -0.39 is 22.7 Å². The van der Waals surface area contributed by atoms with E-state index in [0.717, 1.165) is 11.8 Å².